The number of hydrogen-bond acceptors (Lipinski definition) is 3. The number of nitrogen functional groups attached to an aromatic ring is 1. The van der Waals surface area contributed by atoms with Crippen LogP contribution in [0, 0.1) is 6.92 Å². The number of nitrogens with two attached hydrogens (primary N) is 1. The van der Waals surface area contributed by atoms with Gasteiger partial charge in [-0.15, -0.1) is 0 Å². The molecule has 0 heterocycles. The van der Waals surface area contributed by atoms with Gasteiger partial charge < -0.3 is 5.73 Å². The topological polar surface area (TPSA) is 60.2 Å². The van der Waals surface area contributed by atoms with Crippen molar-refractivity contribution in [1.29, 1.82) is 0 Å². The van der Waals surface area contributed by atoms with E-state index in [1.807, 2.05) is 0 Å². The van der Waals surface area contributed by atoms with Crippen molar-refractivity contribution in [3.8, 4) is 0 Å². The zero-order valence-electron chi connectivity index (χ0n) is 6.07. The standard InChI is InChI=1S/C7H9NO2S/c1-5-3-2-4-6(7(5)8)11(9)10/h2-4,11H,8H2,1H3. The van der Waals surface area contributed by atoms with Gasteiger partial charge in [-0.2, -0.15) is 0 Å². The summed E-state index contributed by atoms with van der Waals surface area (Å²) in [7, 11) is -2.56. The van der Waals surface area contributed by atoms with Crippen LogP contribution >= 0.6 is 0 Å². The van der Waals surface area contributed by atoms with Crippen LogP contribution in [0.5, 0.6) is 0 Å². The third-order valence-electron chi connectivity index (χ3n) is 1.50. The van der Waals surface area contributed by atoms with E-state index in [9.17, 15) is 8.42 Å². The van der Waals surface area contributed by atoms with Crippen molar-refractivity contribution in [2.45, 2.75) is 11.8 Å². The predicted molar refractivity (Wildman–Crippen MR) is 44.2 cm³/mol. The van der Waals surface area contributed by atoms with Crippen molar-refractivity contribution < 1.29 is 8.42 Å². The molecule has 3 nitrogen and oxygen atoms in total. The van der Waals surface area contributed by atoms with Crippen LogP contribution in [0.2, 0.25) is 0 Å². The Morgan fingerprint density at radius 1 is 1.36 bits per heavy atom. The monoisotopic (exact) mass is 171 g/mol. The molecule has 0 fully saturated rings. The van der Waals surface area contributed by atoms with Crippen molar-refractivity contribution in [1.82, 2.24) is 0 Å². The Morgan fingerprint density at radius 3 is 2.45 bits per heavy atom. The molecule has 0 unspecified atom stereocenters. The summed E-state index contributed by atoms with van der Waals surface area (Å²) in [5, 5.41) is 0. The van der Waals surface area contributed by atoms with Gasteiger partial charge in [-0.1, -0.05) is 12.1 Å². The van der Waals surface area contributed by atoms with E-state index in [-0.39, 0.29) is 4.90 Å². The van der Waals surface area contributed by atoms with E-state index in [1.54, 1.807) is 19.1 Å². The Labute approximate surface area is 66.8 Å². The minimum absolute atomic E-state index is 0.208. The zero-order valence-corrected chi connectivity index (χ0v) is 6.97. The molecule has 0 aliphatic rings. The predicted octanol–water partition coefficient (Wildman–Crippen LogP) is 0.548. The number of benzene rings is 1. The van der Waals surface area contributed by atoms with Crippen LogP contribution < -0.4 is 5.73 Å². The second kappa shape index (κ2) is 2.92. The van der Waals surface area contributed by atoms with Crippen LogP contribution in [0.4, 0.5) is 5.69 Å². The summed E-state index contributed by atoms with van der Waals surface area (Å²) in [6.07, 6.45) is 0. The quantitative estimate of drug-likeness (QED) is 0.479. The minimum atomic E-state index is -2.56. The fourth-order valence-electron chi connectivity index (χ4n) is 0.824. The first kappa shape index (κ1) is 8.07. The summed E-state index contributed by atoms with van der Waals surface area (Å²) in [5.41, 5.74) is 6.64. The first-order valence-corrected chi connectivity index (χ1v) is 4.30. The van der Waals surface area contributed by atoms with E-state index in [2.05, 4.69) is 0 Å². The normalized spacial score (nSPS) is 10.4. The van der Waals surface area contributed by atoms with E-state index in [0.717, 1.165) is 5.56 Å². The maximum atomic E-state index is 10.5. The molecule has 1 rings (SSSR count). The highest BCUT2D eigenvalue weighted by molar-refractivity contribution is 7.72. The van der Waals surface area contributed by atoms with Gasteiger partial charge in [-0.05, 0) is 18.6 Å². The summed E-state index contributed by atoms with van der Waals surface area (Å²) in [6.45, 7) is 1.78. The fraction of sp³-hybridized carbons (Fsp3) is 0.143. The molecule has 0 saturated heterocycles. The molecule has 0 bridgehead atoms. The summed E-state index contributed by atoms with van der Waals surface area (Å²) in [5.74, 6) is 0. The maximum absolute atomic E-state index is 10.5. The molecule has 0 spiro atoms. The summed E-state index contributed by atoms with van der Waals surface area (Å²) in [4.78, 5) is 0.208. The van der Waals surface area contributed by atoms with Gasteiger partial charge >= 0.3 is 0 Å². The molecule has 0 amide bonds. The first-order valence-electron chi connectivity index (χ1n) is 3.12. The van der Waals surface area contributed by atoms with Gasteiger partial charge in [0.15, 0.2) is 10.7 Å². The minimum Gasteiger partial charge on any atom is -0.397 e. The van der Waals surface area contributed by atoms with Crippen molar-refractivity contribution in [3.05, 3.63) is 23.8 Å². The molecule has 11 heavy (non-hydrogen) atoms. The zero-order chi connectivity index (χ0) is 8.43. The van der Waals surface area contributed by atoms with Crippen LogP contribution in [0.15, 0.2) is 23.1 Å². The lowest BCUT2D eigenvalue weighted by Gasteiger charge is -2.00. The van der Waals surface area contributed by atoms with Gasteiger partial charge in [-0.25, -0.2) is 8.42 Å². The molecule has 60 valence electrons. The summed E-state index contributed by atoms with van der Waals surface area (Å²) >= 11 is 0. The highest BCUT2D eigenvalue weighted by Crippen LogP contribution is 2.16. The Balaban J connectivity index is 3.39. The van der Waals surface area contributed by atoms with Gasteiger partial charge in [0, 0.05) is 0 Å². The number of anilines is 1. The second-order valence-electron chi connectivity index (χ2n) is 2.26. The average molecular weight is 171 g/mol. The van der Waals surface area contributed by atoms with E-state index >= 15 is 0 Å². The van der Waals surface area contributed by atoms with Gasteiger partial charge in [0.25, 0.3) is 0 Å². The largest absolute Gasteiger partial charge is 0.397 e. The molecular weight excluding hydrogens is 162 g/mol. The smallest absolute Gasteiger partial charge is 0.170 e. The number of aryl methyl sites for hydroxylation is 1. The summed E-state index contributed by atoms with van der Waals surface area (Å²) < 4.78 is 21.1. The lowest BCUT2D eigenvalue weighted by atomic mass is 10.2. The lowest BCUT2D eigenvalue weighted by Crippen LogP contribution is -1.94. The Kier molecular flexibility index (Phi) is 2.14. The SMILES string of the molecule is Cc1cccc([SH](=O)=O)c1N. The van der Waals surface area contributed by atoms with Crippen LogP contribution in [0.25, 0.3) is 0 Å². The van der Waals surface area contributed by atoms with Gasteiger partial charge in [-0.3, -0.25) is 0 Å². The molecule has 0 aromatic heterocycles. The molecule has 1 aromatic rings. The van der Waals surface area contributed by atoms with Crippen molar-refractivity contribution in [2.24, 2.45) is 0 Å². The number of para-hydroxylation sites is 1. The van der Waals surface area contributed by atoms with Gasteiger partial charge in [0.1, 0.15) is 0 Å². The highest BCUT2D eigenvalue weighted by Gasteiger charge is 2.01. The highest BCUT2D eigenvalue weighted by atomic mass is 32.2. The molecule has 1 aromatic carbocycles. The van der Waals surface area contributed by atoms with Gasteiger partial charge in [0.2, 0.25) is 0 Å². The van der Waals surface area contributed by atoms with E-state index < -0.39 is 10.7 Å². The van der Waals surface area contributed by atoms with Crippen molar-refractivity contribution >= 4 is 16.4 Å². The number of thiol groups is 1. The van der Waals surface area contributed by atoms with Crippen LogP contribution in [-0.2, 0) is 10.7 Å². The third kappa shape index (κ3) is 1.51. The van der Waals surface area contributed by atoms with Crippen LogP contribution in [-0.4, -0.2) is 8.42 Å². The molecule has 0 radical (unpaired) electrons. The van der Waals surface area contributed by atoms with E-state index in [4.69, 9.17) is 5.73 Å². The molecule has 0 aliphatic heterocycles. The Morgan fingerprint density at radius 2 is 2.00 bits per heavy atom. The molecule has 0 saturated carbocycles. The molecule has 0 aliphatic carbocycles. The van der Waals surface area contributed by atoms with Crippen LogP contribution in [0.1, 0.15) is 5.56 Å². The number of hydrogen-bond donors (Lipinski definition) is 2. The fourth-order valence-corrected chi connectivity index (χ4v) is 1.41. The molecule has 2 N–H and O–H groups in total. The summed E-state index contributed by atoms with van der Waals surface area (Å²) in [6, 6.07) is 4.94. The third-order valence-corrected chi connectivity index (χ3v) is 2.28. The molecule has 0 atom stereocenters. The maximum Gasteiger partial charge on any atom is 0.170 e. The van der Waals surface area contributed by atoms with Crippen molar-refractivity contribution in [2.75, 3.05) is 5.73 Å². The second-order valence-corrected chi connectivity index (χ2v) is 3.26. The van der Waals surface area contributed by atoms with E-state index in [1.165, 1.54) is 6.07 Å². The first-order chi connectivity index (χ1) is 5.13. The Hall–Kier alpha value is -1.03. The average Bonchev–Trinajstić information content (AvgIpc) is 1.94. The molecule has 4 heteroatoms. The van der Waals surface area contributed by atoms with Crippen LogP contribution in [0.3, 0.4) is 0 Å². The molecular formula is C7H9NO2S. The number of rotatable bonds is 1. The van der Waals surface area contributed by atoms with Crippen molar-refractivity contribution in [3.63, 3.8) is 0 Å². The van der Waals surface area contributed by atoms with E-state index in [0.29, 0.717) is 5.69 Å². The van der Waals surface area contributed by atoms with Gasteiger partial charge in [0.05, 0.1) is 10.6 Å². The Bertz CT molecular complexity index is 336. The lowest BCUT2D eigenvalue weighted by molar-refractivity contribution is 0.615.